The zero-order valence-electron chi connectivity index (χ0n) is 17.1. The molecule has 0 saturated carbocycles. The van der Waals surface area contributed by atoms with Crippen LogP contribution < -0.4 is 15.4 Å². The molecular formula is C24H27ClN2O2S. The van der Waals surface area contributed by atoms with Crippen molar-refractivity contribution in [3.63, 3.8) is 0 Å². The summed E-state index contributed by atoms with van der Waals surface area (Å²) >= 11 is 1.71. The van der Waals surface area contributed by atoms with E-state index in [0.717, 1.165) is 27.6 Å². The van der Waals surface area contributed by atoms with Crippen molar-refractivity contribution in [2.24, 2.45) is 0 Å². The molecule has 0 aliphatic carbocycles. The third-order valence-corrected chi connectivity index (χ3v) is 5.74. The van der Waals surface area contributed by atoms with Gasteiger partial charge in [-0.2, -0.15) is 0 Å². The lowest BCUT2D eigenvalue weighted by atomic mass is 10.1. The number of thioether (sulfide) groups is 1. The number of hydrogen-bond donors (Lipinski definition) is 2. The fraction of sp³-hybridized carbons (Fsp3) is 0.208. The number of hydrogen-bond acceptors (Lipinski definition) is 4. The average Bonchev–Trinajstić information content (AvgIpc) is 2.77. The molecule has 0 spiro atoms. The predicted molar refractivity (Wildman–Crippen MR) is 128 cm³/mol. The summed E-state index contributed by atoms with van der Waals surface area (Å²) in [5.41, 5.74) is 3.10. The van der Waals surface area contributed by atoms with E-state index in [1.165, 1.54) is 5.56 Å². The molecule has 0 unspecified atom stereocenters. The minimum absolute atomic E-state index is 0. The minimum atomic E-state index is -0.310. The second-order valence-corrected chi connectivity index (χ2v) is 7.68. The van der Waals surface area contributed by atoms with Gasteiger partial charge in [-0.3, -0.25) is 4.79 Å². The second-order valence-electron chi connectivity index (χ2n) is 6.66. The van der Waals surface area contributed by atoms with Crippen molar-refractivity contribution in [1.29, 1.82) is 0 Å². The Labute approximate surface area is 188 Å². The molecule has 1 amide bonds. The van der Waals surface area contributed by atoms with E-state index in [1.807, 2.05) is 66.7 Å². The van der Waals surface area contributed by atoms with E-state index in [0.29, 0.717) is 6.42 Å². The van der Waals surface area contributed by atoms with Crippen LogP contribution in [-0.2, 0) is 17.0 Å². The van der Waals surface area contributed by atoms with Gasteiger partial charge in [-0.25, -0.2) is 0 Å². The first-order valence-electron chi connectivity index (χ1n) is 9.56. The molecule has 3 rings (SSSR count). The highest BCUT2D eigenvalue weighted by molar-refractivity contribution is 7.98. The van der Waals surface area contributed by atoms with Gasteiger partial charge in [0, 0.05) is 22.4 Å². The summed E-state index contributed by atoms with van der Waals surface area (Å²) in [5.74, 6) is 1.55. The van der Waals surface area contributed by atoms with E-state index in [9.17, 15) is 4.79 Å². The Kier molecular flexibility index (Phi) is 9.74. The van der Waals surface area contributed by atoms with Crippen LogP contribution in [0.4, 0.5) is 5.69 Å². The number of ether oxygens (including phenoxy) is 1. The Balaban J connectivity index is 0.00000320. The van der Waals surface area contributed by atoms with Gasteiger partial charge in [0.15, 0.2) is 0 Å². The van der Waals surface area contributed by atoms with Crippen molar-refractivity contribution < 1.29 is 9.53 Å². The zero-order chi connectivity index (χ0) is 20.5. The van der Waals surface area contributed by atoms with Gasteiger partial charge in [0.2, 0.25) is 5.91 Å². The SMILES string of the molecule is CN[C@@H](Cc1ccccc1)C(=O)Nc1ccc(SCc2ccccc2)c(OC)c1.Cl. The van der Waals surface area contributed by atoms with Crippen LogP contribution >= 0.6 is 24.2 Å². The number of anilines is 1. The van der Waals surface area contributed by atoms with Crippen molar-refractivity contribution in [1.82, 2.24) is 5.32 Å². The Morgan fingerprint density at radius 3 is 2.20 bits per heavy atom. The first-order valence-corrected chi connectivity index (χ1v) is 10.5. The Hall–Kier alpha value is -2.47. The molecule has 0 aliphatic rings. The highest BCUT2D eigenvalue weighted by Gasteiger charge is 2.17. The van der Waals surface area contributed by atoms with Gasteiger partial charge in [-0.1, -0.05) is 60.7 Å². The number of methoxy groups -OCH3 is 1. The van der Waals surface area contributed by atoms with E-state index >= 15 is 0 Å². The van der Waals surface area contributed by atoms with E-state index < -0.39 is 0 Å². The first kappa shape index (κ1) is 23.8. The highest BCUT2D eigenvalue weighted by atomic mass is 35.5. The molecule has 158 valence electrons. The van der Waals surface area contributed by atoms with Crippen LogP contribution in [0, 0.1) is 0 Å². The molecule has 1 atom stereocenters. The van der Waals surface area contributed by atoms with Crippen LogP contribution in [0.5, 0.6) is 5.75 Å². The molecule has 30 heavy (non-hydrogen) atoms. The summed E-state index contributed by atoms with van der Waals surface area (Å²) in [6.45, 7) is 0. The summed E-state index contributed by atoms with van der Waals surface area (Å²) in [4.78, 5) is 13.8. The molecule has 0 fully saturated rings. The van der Waals surface area contributed by atoms with Crippen molar-refractivity contribution in [3.8, 4) is 5.75 Å². The third-order valence-electron chi connectivity index (χ3n) is 4.62. The number of benzene rings is 3. The Morgan fingerprint density at radius 1 is 0.967 bits per heavy atom. The average molecular weight is 443 g/mol. The minimum Gasteiger partial charge on any atom is -0.496 e. The molecule has 0 radical (unpaired) electrons. The summed E-state index contributed by atoms with van der Waals surface area (Å²) < 4.78 is 5.55. The van der Waals surface area contributed by atoms with Gasteiger partial charge in [-0.05, 0) is 36.7 Å². The number of likely N-dealkylation sites (N-methyl/N-ethyl adjacent to an activating group) is 1. The molecule has 0 aromatic heterocycles. The maximum atomic E-state index is 12.7. The van der Waals surface area contributed by atoms with E-state index in [2.05, 4.69) is 22.8 Å². The molecule has 0 aliphatic heterocycles. The largest absolute Gasteiger partial charge is 0.496 e. The van der Waals surface area contributed by atoms with Crippen molar-refractivity contribution in [2.45, 2.75) is 23.1 Å². The first-order chi connectivity index (χ1) is 14.2. The van der Waals surface area contributed by atoms with Crippen LogP contribution in [-0.4, -0.2) is 26.1 Å². The lowest BCUT2D eigenvalue weighted by Crippen LogP contribution is -2.40. The van der Waals surface area contributed by atoms with Gasteiger partial charge < -0.3 is 15.4 Å². The lowest BCUT2D eigenvalue weighted by Gasteiger charge is -2.17. The van der Waals surface area contributed by atoms with Crippen LogP contribution in [0.2, 0.25) is 0 Å². The number of amides is 1. The second kappa shape index (κ2) is 12.3. The number of carbonyl (C=O) groups excluding carboxylic acids is 1. The molecule has 4 nitrogen and oxygen atoms in total. The summed E-state index contributed by atoms with van der Waals surface area (Å²) in [5, 5.41) is 6.10. The van der Waals surface area contributed by atoms with Crippen molar-refractivity contribution in [2.75, 3.05) is 19.5 Å². The normalized spacial score (nSPS) is 11.3. The summed E-state index contributed by atoms with van der Waals surface area (Å²) in [7, 11) is 3.45. The fourth-order valence-corrected chi connectivity index (χ4v) is 3.97. The Bertz CT molecular complexity index is 923. The van der Waals surface area contributed by atoms with Gasteiger partial charge in [0.25, 0.3) is 0 Å². The predicted octanol–water partition coefficient (Wildman–Crippen LogP) is 5.18. The van der Waals surface area contributed by atoms with Gasteiger partial charge in [-0.15, -0.1) is 24.2 Å². The maximum absolute atomic E-state index is 12.7. The Morgan fingerprint density at radius 2 is 1.60 bits per heavy atom. The summed E-state index contributed by atoms with van der Waals surface area (Å²) in [6, 6.07) is 25.8. The summed E-state index contributed by atoms with van der Waals surface area (Å²) in [6.07, 6.45) is 0.630. The van der Waals surface area contributed by atoms with Crippen LogP contribution in [0.1, 0.15) is 11.1 Å². The fourth-order valence-electron chi connectivity index (χ4n) is 3.00. The maximum Gasteiger partial charge on any atom is 0.241 e. The van der Waals surface area contributed by atoms with E-state index in [-0.39, 0.29) is 24.4 Å². The molecule has 0 heterocycles. The topological polar surface area (TPSA) is 50.4 Å². The number of rotatable bonds is 9. The molecular weight excluding hydrogens is 416 g/mol. The molecule has 3 aromatic rings. The van der Waals surface area contributed by atoms with Gasteiger partial charge in [0.1, 0.15) is 5.75 Å². The monoisotopic (exact) mass is 442 g/mol. The number of nitrogens with one attached hydrogen (secondary N) is 2. The number of halogens is 1. The standard InChI is InChI=1S/C24H26N2O2S.ClH/c1-25-21(15-18-9-5-3-6-10-18)24(27)26-20-13-14-23(22(16-20)28-2)29-17-19-11-7-4-8-12-19;/h3-14,16,21,25H,15,17H2,1-2H3,(H,26,27);1H/t21-;/m0./s1. The molecule has 6 heteroatoms. The van der Waals surface area contributed by atoms with Crippen molar-refractivity contribution in [3.05, 3.63) is 90.0 Å². The number of carbonyl (C=O) groups is 1. The van der Waals surface area contributed by atoms with Crippen LogP contribution in [0.25, 0.3) is 0 Å². The van der Waals surface area contributed by atoms with Crippen LogP contribution in [0.3, 0.4) is 0 Å². The van der Waals surface area contributed by atoms with Gasteiger partial charge in [0.05, 0.1) is 13.2 Å². The van der Waals surface area contributed by atoms with Crippen molar-refractivity contribution >= 4 is 35.8 Å². The molecule has 0 bridgehead atoms. The smallest absolute Gasteiger partial charge is 0.241 e. The quantitative estimate of drug-likeness (QED) is 0.448. The van der Waals surface area contributed by atoms with E-state index in [4.69, 9.17) is 4.74 Å². The van der Waals surface area contributed by atoms with Crippen LogP contribution in [0.15, 0.2) is 83.8 Å². The third kappa shape index (κ3) is 6.80. The van der Waals surface area contributed by atoms with Gasteiger partial charge >= 0.3 is 0 Å². The molecule has 3 aromatic carbocycles. The molecule has 0 saturated heterocycles. The zero-order valence-corrected chi connectivity index (χ0v) is 18.8. The molecule has 2 N–H and O–H groups in total. The lowest BCUT2D eigenvalue weighted by molar-refractivity contribution is -0.118. The highest BCUT2D eigenvalue weighted by Crippen LogP contribution is 2.33. The van der Waals surface area contributed by atoms with E-state index in [1.54, 1.807) is 25.9 Å².